The maximum absolute atomic E-state index is 14.0. The topological polar surface area (TPSA) is 165 Å². The summed E-state index contributed by atoms with van der Waals surface area (Å²) in [6.45, 7) is 5.12. The van der Waals surface area contributed by atoms with Gasteiger partial charge in [-0.1, -0.05) is 42.5 Å². The quantitative estimate of drug-likeness (QED) is 0.257. The van der Waals surface area contributed by atoms with Gasteiger partial charge < -0.3 is 26.2 Å². The average Bonchev–Trinajstić information content (AvgIpc) is 3.27. The van der Waals surface area contributed by atoms with Crippen LogP contribution in [0, 0.1) is 11.8 Å². The Labute approximate surface area is 255 Å². The molecule has 1 aliphatic heterocycles. The van der Waals surface area contributed by atoms with E-state index >= 15 is 0 Å². The van der Waals surface area contributed by atoms with Crippen LogP contribution in [-0.2, 0) is 27.3 Å². The zero-order valence-corrected chi connectivity index (χ0v) is 25.1. The van der Waals surface area contributed by atoms with E-state index in [1.54, 1.807) is 20.2 Å². The number of primary amides is 1. The number of likely N-dealkylation sites (N-methyl/N-ethyl adjacent to an activating group) is 1. The molecule has 1 amide bonds. The fourth-order valence-electron chi connectivity index (χ4n) is 7.72. The van der Waals surface area contributed by atoms with E-state index in [1.165, 1.54) is 11.0 Å². The molecule has 6 rings (SSSR count). The minimum absolute atomic E-state index is 0.0417. The number of nitrogens with zero attached hydrogens (tertiary/aromatic N) is 2. The lowest BCUT2D eigenvalue weighted by Crippen LogP contribution is -2.65. The van der Waals surface area contributed by atoms with Crippen LogP contribution in [0.25, 0.3) is 16.9 Å². The number of phenols is 1. The number of hydrogen-bond donors (Lipinski definition) is 5. The number of Topliss-reactive ketones (excluding diaryl/α,β-unsaturated/α-hetero) is 2. The minimum Gasteiger partial charge on any atom is -0.508 e. The number of phenolic OH excluding ortho intramolecular Hbond substituents is 1. The fourth-order valence-corrected chi connectivity index (χ4v) is 7.72. The highest BCUT2D eigenvalue weighted by atomic mass is 16.3. The van der Waals surface area contributed by atoms with Crippen molar-refractivity contribution in [3.05, 3.63) is 82.1 Å². The molecule has 10 nitrogen and oxygen atoms in total. The third-order valence-electron chi connectivity index (χ3n) is 9.95. The number of aliphatic hydroxyl groups excluding tert-OH is 2. The Balaban J connectivity index is 1.42. The van der Waals surface area contributed by atoms with Crippen LogP contribution in [0.4, 0.5) is 0 Å². The van der Waals surface area contributed by atoms with Crippen molar-refractivity contribution in [2.24, 2.45) is 17.6 Å². The second-order valence-electron chi connectivity index (χ2n) is 12.7. The van der Waals surface area contributed by atoms with E-state index in [-0.39, 0.29) is 29.7 Å². The highest BCUT2D eigenvalue weighted by Crippen LogP contribution is 2.53. The Kier molecular flexibility index (Phi) is 7.07. The molecule has 1 saturated carbocycles. The fraction of sp³-hybridized carbons (Fsp3) is 0.382. The van der Waals surface area contributed by atoms with Crippen LogP contribution < -0.4 is 5.73 Å². The van der Waals surface area contributed by atoms with Gasteiger partial charge >= 0.3 is 0 Å². The molecule has 44 heavy (non-hydrogen) atoms. The highest BCUT2D eigenvalue weighted by Gasteiger charge is 2.64. The van der Waals surface area contributed by atoms with Crippen LogP contribution in [0.15, 0.2) is 65.5 Å². The van der Waals surface area contributed by atoms with Gasteiger partial charge in [-0.25, -0.2) is 0 Å². The van der Waals surface area contributed by atoms with E-state index < -0.39 is 58.0 Å². The zero-order chi connectivity index (χ0) is 31.8. The number of fused-ring (bicyclic) bond motifs is 3. The van der Waals surface area contributed by atoms with Crippen molar-refractivity contribution in [2.75, 3.05) is 14.1 Å². The standard InChI is InChI=1S/C34H37N3O7/c1-16-5-6-17(2)37(16)15-18-7-9-19(10-8-18)21-11-12-24(38)26-22(21)13-20-14-23-28(36(3)4)30(40)27(33(35)43)32(42)34(23,44)31(41)25(20)29(26)39/h5-12,16-17,20,23,28,38-39,42,44H,13-15H2,1-4H3,(H2,35,43)/t16?,17?,20-,23-,28-,34-/m0/s1. The lowest BCUT2D eigenvalue weighted by molar-refractivity contribution is -0.153. The van der Waals surface area contributed by atoms with Crippen molar-refractivity contribution in [3.8, 4) is 16.9 Å². The Morgan fingerprint density at radius 2 is 1.66 bits per heavy atom. The van der Waals surface area contributed by atoms with Crippen LogP contribution in [0.3, 0.4) is 0 Å². The predicted octanol–water partition coefficient (Wildman–Crippen LogP) is 2.78. The first-order chi connectivity index (χ1) is 20.8. The molecule has 10 heteroatoms. The smallest absolute Gasteiger partial charge is 0.255 e. The Hall–Kier alpha value is -4.25. The van der Waals surface area contributed by atoms with Gasteiger partial charge in [0.25, 0.3) is 5.91 Å². The van der Waals surface area contributed by atoms with Gasteiger partial charge in [0.1, 0.15) is 22.8 Å². The molecular formula is C34H37N3O7. The highest BCUT2D eigenvalue weighted by molar-refractivity contribution is 6.24. The van der Waals surface area contributed by atoms with Gasteiger partial charge in [-0.2, -0.15) is 0 Å². The second-order valence-corrected chi connectivity index (χ2v) is 12.7. The molecule has 0 radical (unpaired) electrons. The summed E-state index contributed by atoms with van der Waals surface area (Å²) in [7, 11) is 3.16. The second kappa shape index (κ2) is 10.4. The van der Waals surface area contributed by atoms with Crippen LogP contribution in [-0.4, -0.2) is 85.5 Å². The maximum atomic E-state index is 14.0. The summed E-state index contributed by atoms with van der Waals surface area (Å²) in [5, 5.41) is 45.2. The minimum atomic E-state index is -2.66. The number of ketones is 2. The molecule has 1 heterocycles. The number of carbonyl (C=O) groups excluding carboxylic acids is 3. The van der Waals surface area contributed by atoms with E-state index in [4.69, 9.17) is 5.73 Å². The monoisotopic (exact) mass is 599 g/mol. The number of benzene rings is 2. The van der Waals surface area contributed by atoms with Gasteiger partial charge in [0, 0.05) is 30.1 Å². The van der Waals surface area contributed by atoms with Crippen molar-refractivity contribution >= 4 is 23.2 Å². The van der Waals surface area contributed by atoms with Gasteiger partial charge in [-0.3, -0.25) is 24.2 Å². The Morgan fingerprint density at radius 3 is 2.25 bits per heavy atom. The summed E-state index contributed by atoms with van der Waals surface area (Å²) < 4.78 is 0. The first kappa shape index (κ1) is 29.8. The summed E-state index contributed by atoms with van der Waals surface area (Å²) in [6.07, 6.45) is 4.67. The first-order valence-electron chi connectivity index (χ1n) is 14.8. The van der Waals surface area contributed by atoms with Gasteiger partial charge in [0.05, 0.1) is 11.6 Å². The molecule has 0 bridgehead atoms. The van der Waals surface area contributed by atoms with Gasteiger partial charge in [0.2, 0.25) is 5.78 Å². The Bertz CT molecular complexity index is 1680. The number of aliphatic hydroxyl groups is 3. The molecule has 2 aromatic carbocycles. The van der Waals surface area contributed by atoms with E-state index in [0.29, 0.717) is 17.6 Å². The summed E-state index contributed by atoms with van der Waals surface area (Å²) in [6, 6.07) is 10.9. The largest absolute Gasteiger partial charge is 0.508 e. The molecule has 0 saturated heterocycles. The van der Waals surface area contributed by atoms with Crippen molar-refractivity contribution < 1.29 is 34.8 Å². The molecule has 1 fully saturated rings. The zero-order valence-electron chi connectivity index (χ0n) is 25.1. The number of amides is 1. The van der Waals surface area contributed by atoms with E-state index in [1.807, 2.05) is 12.1 Å². The van der Waals surface area contributed by atoms with Crippen LogP contribution in [0.2, 0.25) is 0 Å². The molecule has 0 spiro atoms. The maximum Gasteiger partial charge on any atom is 0.255 e. The van der Waals surface area contributed by atoms with Crippen LogP contribution in [0.5, 0.6) is 5.75 Å². The molecular weight excluding hydrogens is 562 g/mol. The van der Waals surface area contributed by atoms with Crippen LogP contribution in [0.1, 0.15) is 37.0 Å². The first-order valence-corrected chi connectivity index (χ1v) is 14.8. The van der Waals surface area contributed by atoms with Crippen molar-refractivity contribution in [1.29, 1.82) is 0 Å². The predicted molar refractivity (Wildman–Crippen MR) is 163 cm³/mol. The van der Waals surface area contributed by atoms with Crippen molar-refractivity contribution in [2.45, 2.75) is 57.0 Å². The number of hydrogen-bond acceptors (Lipinski definition) is 9. The third kappa shape index (κ3) is 4.23. The van der Waals surface area contributed by atoms with Gasteiger partial charge in [-0.05, 0) is 75.0 Å². The van der Waals surface area contributed by atoms with Crippen molar-refractivity contribution in [3.63, 3.8) is 0 Å². The van der Waals surface area contributed by atoms with E-state index in [2.05, 4.69) is 43.0 Å². The molecule has 2 aromatic rings. The number of nitrogens with two attached hydrogens (primary N) is 1. The van der Waals surface area contributed by atoms with Gasteiger partial charge in [0.15, 0.2) is 11.4 Å². The van der Waals surface area contributed by atoms with Gasteiger partial charge in [-0.15, -0.1) is 0 Å². The average molecular weight is 600 g/mol. The molecule has 0 aromatic heterocycles. The molecule has 230 valence electrons. The van der Waals surface area contributed by atoms with Crippen molar-refractivity contribution in [1.82, 2.24) is 9.80 Å². The molecule has 6 N–H and O–H groups in total. The van der Waals surface area contributed by atoms with Crippen LogP contribution >= 0.6 is 0 Å². The Morgan fingerprint density at radius 1 is 1.02 bits per heavy atom. The lowest BCUT2D eigenvalue weighted by Gasteiger charge is -2.50. The van der Waals surface area contributed by atoms with E-state index in [9.17, 15) is 34.8 Å². The third-order valence-corrected chi connectivity index (χ3v) is 9.95. The SMILES string of the molecule is CC1C=CC(C)N1Cc1ccc(-c2ccc(O)c3c2C[C@H]2C[C@H]4[C@H](N(C)C)C(=O)C(C(N)=O)=C(O)[C@@]4(O)C(=O)C2=C3O)cc1. The molecule has 2 unspecified atom stereocenters. The normalized spacial score (nSPS) is 30.1. The summed E-state index contributed by atoms with van der Waals surface area (Å²) >= 11 is 0. The number of aromatic hydroxyl groups is 1. The number of rotatable bonds is 5. The van der Waals surface area contributed by atoms with E-state index in [0.717, 1.165) is 23.2 Å². The lowest BCUT2D eigenvalue weighted by atomic mass is 9.57. The summed E-state index contributed by atoms with van der Waals surface area (Å²) in [5.74, 6) is -6.65. The molecule has 6 atom stereocenters. The summed E-state index contributed by atoms with van der Waals surface area (Å²) in [4.78, 5) is 43.4. The number of carbonyl (C=O) groups is 3. The summed E-state index contributed by atoms with van der Waals surface area (Å²) in [5.41, 5.74) is 5.24. The molecule has 3 aliphatic carbocycles. The molecule has 4 aliphatic rings.